The summed E-state index contributed by atoms with van der Waals surface area (Å²) in [6.07, 6.45) is 10.1. The fraction of sp³-hybridized carbons (Fsp3) is 0.312. The van der Waals surface area contributed by atoms with Crippen molar-refractivity contribution in [3.8, 4) is 24.7 Å². The molecule has 92 valence electrons. The van der Waals surface area contributed by atoms with Gasteiger partial charge in [0.05, 0.1) is 5.41 Å². The van der Waals surface area contributed by atoms with Crippen LogP contribution in [0.4, 0.5) is 0 Å². The van der Waals surface area contributed by atoms with Crippen molar-refractivity contribution < 1.29 is 9.53 Å². The van der Waals surface area contributed by atoms with Gasteiger partial charge in [0.2, 0.25) is 0 Å². The summed E-state index contributed by atoms with van der Waals surface area (Å²) < 4.78 is 5.32. The van der Waals surface area contributed by atoms with Crippen molar-refractivity contribution in [2.75, 3.05) is 0 Å². The van der Waals surface area contributed by atoms with E-state index in [9.17, 15) is 4.79 Å². The van der Waals surface area contributed by atoms with Crippen LogP contribution in [0, 0.1) is 30.1 Å². The number of rotatable bonds is 2. The summed E-state index contributed by atoms with van der Waals surface area (Å²) in [7, 11) is 0. The molecule has 0 amide bonds. The largest absolute Gasteiger partial charge is 0.444 e. The summed E-state index contributed by atoms with van der Waals surface area (Å²) in [5.41, 5.74) is 0.711. The summed E-state index contributed by atoms with van der Waals surface area (Å²) in [5.74, 6) is 4.64. The van der Waals surface area contributed by atoms with Crippen molar-refractivity contribution in [2.45, 2.75) is 26.9 Å². The average molecular weight is 240 g/mol. The van der Waals surface area contributed by atoms with Crippen molar-refractivity contribution >= 4 is 5.97 Å². The number of hydrogen-bond donors (Lipinski definition) is 0. The van der Waals surface area contributed by atoms with Gasteiger partial charge in [-0.3, -0.25) is 4.79 Å². The molecule has 0 radical (unpaired) electrons. The molecular formula is C16H16O2. The molecule has 0 aliphatic carbocycles. The molecule has 0 bridgehead atoms. The number of esters is 1. The highest BCUT2D eigenvalue weighted by Crippen LogP contribution is 2.25. The highest BCUT2D eigenvalue weighted by atomic mass is 16.5. The molecule has 1 aromatic carbocycles. The lowest BCUT2D eigenvalue weighted by atomic mass is 9.96. The molecule has 0 aliphatic rings. The maximum absolute atomic E-state index is 11.8. The molecule has 2 heteroatoms. The van der Waals surface area contributed by atoms with Crippen LogP contribution in [0.25, 0.3) is 0 Å². The van der Waals surface area contributed by atoms with Gasteiger partial charge in [0.15, 0.2) is 6.10 Å². The minimum atomic E-state index is -0.746. The Labute approximate surface area is 108 Å². The Morgan fingerprint density at radius 2 is 1.89 bits per heavy atom. The van der Waals surface area contributed by atoms with Gasteiger partial charge in [0.1, 0.15) is 0 Å². The minimum Gasteiger partial charge on any atom is -0.444 e. The average Bonchev–Trinajstić information content (AvgIpc) is 2.34. The van der Waals surface area contributed by atoms with Crippen LogP contribution in [0.3, 0.4) is 0 Å². The zero-order valence-corrected chi connectivity index (χ0v) is 10.9. The highest BCUT2D eigenvalue weighted by Gasteiger charge is 2.26. The van der Waals surface area contributed by atoms with Gasteiger partial charge in [-0.1, -0.05) is 30.0 Å². The lowest BCUT2D eigenvalue weighted by molar-refractivity contribution is -0.156. The van der Waals surface area contributed by atoms with Gasteiger partial charge in [-0.05, 0) is 26.8 Å². The van der Waals surface area contributed by atoms with Crippen molar-refractivity contribution in [3.05, 3.63) is 35.4 Å². The SMILES string of the molecule is C#Cc1ccccc1C(C#C)OC(=O)C(C)(C)C. The smallest absolute Gasteiger partial charge is 0.312 e. The Kier molecular flexibility index (Phi) is 4.18. The van der Waals surface area contributed by atoms with Crippen LogP contribution >= 0.6 is 0 Å². The zero-order chi connectivity index (χ0) is 13.8. The monoisotopic (exact) mass is 240 g/mol. The number of hydrogen-bond acceptors (Lipinski definition) is 2. The number of carbonyl (C=O) groups excluding carboxylic acids is 1. The Morgan fingerprint density at radius 3 is 2.39 bits per heavy atom. The van der Waals surface area contributed by atoms with Gasteiger partial charge in [0.25, 0.3) is 0 Å². The standard InChI is InChI=1S/C16H16O2/c1-6-12-10-8-9-11-13(12)14(7-2)18-15(17)16(3,4)5/h1-2,8-11,14H,3-5H3. The van der Waals surface area contributed by atoms with Gasteiger partial charge in [-0.25, -0.2) is 0 Å². The first-order valence-electron chi connectivity index (χ1n) is 5.63. The predicted molar refractivity (Wildman–Crippen MR) is 71.5 cm³/mol. The summed E-state index contributed by atoms with van der Waals surface area (Å²) in [4.78, 5) is 11.8. The third-order valence-corrected chi connectivity index (χ3v) is 2.39. The molecule has 1 unspecified atom stereocenters. The lowest BCUT2D eigenvalue weighted by Crippen LogP contribution is -2.24. The fourth-order valence-electron chi connectivity index (χ4n) is 1.33. The normalized spacial score (nSPS) is 12.1. The Hall–Kier alpha value is -2.19. The maximum Gasteiger partial charge on any atom is 0.312 e. The molecular weight excluding hydrogens is 224 g/mol. The second kappa shape index (κ2) is 5.43. The van der Waals surface area contributed by atoms with Crippen LogP contribution in [0.15, 0.2) is 24.3 Å². The van der Waals surface area contributed by atoms with E-state index in [4.69, 9.17) is 17.6 Å². The highest BCUT2D eigenvalue weighted by molar-refractivity contribution is 5.76. The first-order chi connectivity index (χ1) is 8.40. The third kappa shape index (κ3) is 3.15. The second-order valence-corrected chi connectivity index (χ2v) is 4.93. The van der Waals surface area contributed by atoms with Gasteiger partial charge in [-0.15, -0.1) is 12.8 Å². The Morgan fingerprint density at radius 1 is 1.28 bits per heavy atom. The van der Waals surface area contributed by atoms with Crippen LogP contribution in [0.5, 0.6) is 0 Å². The molecule has 18 heavy (non-hydrogen) atoms. The van der Waals surface area contributed by atoms with Gasteiger partial charge < -0.3 is 4.74 Å². The van der Waals surface area contributed by atoms with E-state index in [1.807, 2.05) is 12.1 Å². The number of terminal acetylenes is 2. The second-order valence-electron chi connectivity index (χ2n) is 4.93. The van der Waals surface area contributed by atoms with Gasteiger partial charge >= 0.3 is 5.97 Å². The molecule has 1 aromatic rings. The predicted octanol–water partition coefficient (Wildman–Crippen LogP) is 2.93. The quantitative estimate of drug-likeness (QED) is 0.587. The first kappa shape index (κ1) is 13.9. The van der Waals surface area contributed by atoms with E-state index in [2.05, 4.69) is 11.8 Å². The molecule has 0 saturated heterocycles. The fourth-order valence-corrected chi connectivity index (χ4v) is 1.33. The molecule has 1 rings (SSSR count). The number of ether oxygens (including phenoxy) is 1. The zero-order valence-electron chi connectivity index (χ0n) is 10.9. The first-order valence-corrected chi connectivity index (χ1v) is 5.63. The van der Waals surface area contributed by atoms with E-state index in [1.165, 1.54) is 0 Å². The van der Waals surface area contributed by atoms with E-state index in [0.29, 0.717) is 11.1 Å². The van der Waals surface area contributed by atoms with Gasteiger partial charge in [-0.2, -0.15) is 0 Å². The van der Waals surface area contributed by atoms with E-state index in [-0.39, 0.29) is 5.97 Å². The van der Waals surface area contributed by atoms with Crippen molar-refractivity contribution in [3.63, 3.8) is 0 Å². The van der Waals surface area contributed by atoms with E-state index >= 15 is 0 Å². The van der Waals surface area contributed by atoms with Crippen LogP contribution in [0.2, 0.25) is 0 Å². The molecule has 0 aliphatic heterocycles. The van der Waals surface area contributed by atoms with Crippen molar-refractivity contribution in [1.29, 1.82) is 0 Å². The molecule has 0 spiro atoms. The summed E-state index contributed by atoms with van der Waals surface area (Å²) in [5, 5.41) is 0. The lowest BCUT2D eigenvalue weighted by Gasteiger charge is -2.21. The van der Waals surface area contributed by atoms with E-state index in [0.717, 1.165) is 0 Å². The summed E-state index contributed by atoms with van der Waals surface area (Å²) in [6, 6.07) is 7.17. The topological polar surface area (TPSA) is 26.3 Å². The Bertz CT molecular complexity index is 521. The third-order valence-electron chi connectivity index (χ3n) is 2.39. The van der Waals surface area contributed by atoms with Gasteiger partial charge in [0, 0.05) is 11.1 Å². The van der Waals surface area contributed by atoms with E-state index < -0.39 is 11.5 Å². The number of carbonyl (C=O) groups is 1. The molecule has 1 atom stereocenters. The number of benzene rings is 1. The van der Waals surface area contributed by atoms with Crippen molar-refractivity contribution in [2.24, 2.45) is 5.41 Å². The molecule has 2 nitrogen and oxygen atoms in total. The van der Waals surface area contributed by atoms with Crippen molar-refractivity contribution in [1.82, 2.24) is 0 Å². The molecule has 0 aromatic heterocycles. The molecule has 0 saturated carbocycles. The minimum absolute atomic E-state index is 0.350. The molecule has 0 heterocycles. The molecule has 0 N–H and O–H groups in total. The maximum atomic E-state index is 11.8. The van der Waals surface area contributed by atoms with Crippen LogP contribution in [-0.2, 0) is 9.53 Å². The summed E-state index contributed by atoms with van der Waals surface area (Å²) >= 11 is 0. The van der Waals surface area contributed by atoms with E-state index in [1.54, 1.807) is 32.9 Å². The molecule has 0 fully saturated rings. The van der Waals surface area contributed by atoms with Crippen LogP contribution in [0.1, 0.15) is 38.0 Å². The summed E-state index contributed by atoms with van der Waals surface area (Å²) in [6.45, 7) is 5.32. The van der Waals surface area contributed by atoms with Crippen LogP contribution < -0.4 is 0 Å². The van der Waals surface area contributed by atoms with Crippen LogP contribution in [-0.4, -0.2) is 5.97 Å². The Balaban J connectivity index is 3.03.